The van der Waals surface area contributed by atoms with Gasteiger partial charge in [-0.3, -0.25) is 20.6 Å². The molecule has 4 heteroatoms. The van der Waals surface area contributed by atoms with Crippen molar-refractivity contribution in [2.24, 2.45) is 5.92 Å². The molecule has 0 bridgehead atoms. The molecule has 3 rings (SSSR count). The Balaban J connectivity index is 1.97. The minimum absolute atomic E-state index is 0.312. The quantitative estimate of drug-likeness (QED) is 0.612. The van der Waals surface area contributed by atoms with Crippen molar-refractivity contribution in [2.75, 3.05) is 18.5 Å². The average molecular weight is 298 g/mol. The number of aryl methyl sites for hydroxylation is 1. The fraction of sp³-hybridized carbons (Fsp3) is 0.556. The van der Waals surface area contributed by atoms with Crippen LogP contribution in [-0.2, 0) is 6.54 Å². The van der Waals surface area contributed by atoms with Crippen molar-refractivity contribution < 1.29 is 0 Å². The van der Waals surface area contributed by atoms with Crippen LogP contribution in [0.15, 0.2) is 18.2 Å². The zero-order valence-electron chi connectivity index (χ0n) is 13.7. The number of amidine groups is 2. The van der Waals surface area contributed by atoms with Gasteiger partial charge in [0.2, 0.25) is 0 Å². The van der Waals surface area contributed by atoms with E-state index >= 15 is 0 Å². The smallest absolute Gasteiger partial charge is 0.120 e. The topological polar surface area (TPSA) is 54.2 Å². The van der Waals surface area contributed by atoms with Gasteiger partial charge in [-0.1, -0.05) is 37.0 Å². The summed E-state index contributed by atoms with van der Waals surface area (Å²) in [5.74, 6) is 1.47. The molecule has 118 valence electrons. The van der Waals surface area contributed by atoms with Crippen LogP contribution in [0.4, 0.5) is 5.69 Å². The molecule has 0 amide bonds. The molecule has 1 aromatic rings. The van der Waals surface area contributed by atoms with Crippen LogP contribution in [0.25, 0.3) is 0 Å². The van der Waals surface area contributed by atoms with Gasteiger partial charge in [0.25, 0.3) is 0 Å². The van der Waals surface area contributed by atoms with E-state index in [1.807, 2.05) is 11.9 Å². The highest BCUT2D eigenvalue weighted by Gasteiger charge is 2.30. The second-order valence-electron chi connectivity index (χ2n) is 6.81. The van der Waals surface area contributed by atoms with Gasteiger partial charge in [0.1, 0.15) is 11.7 Å². The summed E-state index contributed by atoms with van der Waals surface area (Å²) >= 11 is 0. The highest BCUT2D eigenvalue weighted by molar-refractivity contribution is 6.19. The highest BCUT2D eigenvalue weighted by Crippen LogP contribution is 2.32. The van der Waals surface area contributed by atoms with Crippen molar-refractivity contribution >= 4 is 17.4 Å². The fourth-order valence-corrected chi connectivity index (χ4v) is 3.71. The highest BCUT2D eigenvalue weighted by atomic mass is 15.3. The third-order valence-electron chi connectivity index (χ3n) is 4.84. The Hall–Kier alpha value is -1.68. The minimum atomic E-state index is 0.312. The van der Waals surface area contributed by atoms with Crippen LogP contribution in [0.2, 0.25) is 0 Å². The fourth-order valence-electron chi connectivity index (χ4n) is 3.71. The summed E-state index contributed by atoms with van der Waals surface area (Å²) in [5, 5.41) is 17.2. The second kappa shape index (κ2) is 6.21. The summed E-state index contributed by atoms with van der Waals surface area (Å²) in [5.41, 5.74) is 3.51. The standard InChI is InChI=1S/C18H26N4/c1-13-8-9-16-15(10-13)11-21(2)12-17(19)22(16)18(20)14-6-4-3-5-7-14/h8-10,14,19-20H,3-7,11-12H2,1-2H3. The Labute approximate surface area is 133 Å². The summed E-state index contributed by atoms with van der Waals surface area (Å²) < 4.78 is 0. The number of hydrogen-bond acceptors (Lipinski definition) is 3. The molecule has 1 saturated carbocycles. The van der Waals surface area contributed by atoms with Crippen LogP contribution in [-0.4, -0.2) is 30.2 Å². The van der Waals surface area contributed by atoms with E-state index in [-0.39, 0.29) is 0 Å². The maximum atomic E-state index is 8.72. The number of fused-ring (bicyclic) bond motifs is 1. The Morgan fingerprint density at radius 1 is 1.14 bits per heavy atom. The molecule has 2 N–H and O–H groups in total. The lowest BCUT2D eigenvalue weighted by Crippen LogP contribution is -2.43. The molecule has 1 fully saturated rings. The normalized spacial score (nSPS) is 20.6. The van der Waals surface area contributed by atoms with Crippen LogP contribution >= 0.6 is 0 Å². The third-order valence-corrected chi connectivity index (χ3v) is 4.84. The van der Waals surface area contributed by atoms with Crippen molar-refractivity contribution in [2.45, 2.75) is 45.6 Å². The lowest BCUT2D eigenvalue weighted by Gasteiger charge is -2.32. The average Bonchev–Trinajstić information content (AvgIpc) is 2.61. The van der Waals surface area contributed by atoms with Crippen molar-refractivity contribution in [3.63, 3.8) is 0 Å². The molecule has 1 aliphatic heterocycles. The van der Waals surface area contributed by atoms with Crippen LogP contribution in [0.5, 0.6) is 0 Å². The van der Waals surface area contributed by atoms with E-state index in [4.69, 9.17) is 10.8 Å². The first kappa shape index (κ1) is 15.2. The van der Waals surface area contributed by atoms with Gasteiger partial charge in [-0.05, 0) is 38.4 Å². The van der Waals surface area contributed by atoms with Gasteiger partial charge in [-0.25, -0.2) is 0 Å². The first-order valence-corrected chi connectivity index (χ1v) is 8.30. The summed E-state index contributed by atoms with van der Waals surface area (Å²) in [6.45, 7) is 3.55. The van der Waals surface area contributed by atoms with E-state index in [1.165, 1.54) is 30.4 Å². The second-order valence-corrected chi connectivity index (χ2v) is 6.81. The Kier molecular flexibility index (Phi) is 4.30. The van der Waals surface area contributed by atoms with Gasteiger partial charge in [0.15, 0.2) is 0 Å². The summed E-state index contributed by atoms with van der Waals surface area (Å²) in [6.07, 6.45) is 5.92. The van der Waals surface area contributed by atoms with Gasteiger partial charge < -0.3 is 0 Å². The zero-order chi connectivity index (χ0) is 15.7. The molecule has 0 atom stereocenters. The van der Waals surface area contributed by atoms with E-state index in [0.29, 0.717) is 24.1 Å². The van der Waals surface area contributed by atoms with Crippen molar-refractivity contribution in [3.8, 4) is 0 Å². The molecule has 0 spiro atoms. The van der Waals surface area contributed by atoms with E-state index in [0.717, 1.165) is 25.1 Å². The molecule has 0 unspecified atom stereocenters. The first-order chi connectivity index (χ1) is 10.6. The predicted octanol–water partition coefficient (Wildman–Crippen LogP) is 3.78. The Bertz CT molecular complexity index is 587. The van der Waals surface area contributed by atoms with Crippen molar-refractivity contribution in [1.29, 1.82) is 10.8 Å². The number of benzene rings is 1. The number of rotatable bonds is 1. The summed E-state index contributed by atoms with van der Waals surface area (Å²) in [6, 6.07) is 6.39. The lowest BCUT2D eigenvalue weighted by atomic mass is 9.87. The summed E-state index contributed by atoms with van der Waals surface area (Å²) in [4.78, 5) is 4.07. The molecule has 22 heavy (non-hydrogen) atoms. The number of anilines is 1. The molecule has 1 aromatic carbocycles. The monoisotopic (exact) mass is 298 g/mol. The SMILES string of the molecule is Cc1ccc2c(c1)CN(C)CC(=N)N2C(=N)C1CCCCC1. The maximum Gasteiger partial charge on any atom is 0.120 e. The number of nitrogens with one attached hydrogen (secondary N) is 2. The van der Waals surface area contributed by atoms with E-state index in [1.54, 1.807) is 0 Å². The molecular weight excluding hydrogens is 272 g/mol. The van der Waals surface area contributed by atoms with Crippen molar-refractivity contribution in [1.82, 2.24) is 4.90 Å². The first-order valence-electron chi connectivity index (χ1n) is 8.30. The van der Waals surface area contributed by atoms with Crippen LogP contribution in [0.1, 0.15) is 43.2 Å². The van der Waals surface area contributed by atoms with Gasteiger partial charge in [-0.2, -0.15) is 0 Å². The van der Waals surface area contributed by atoms with Crippen LogP contribution < -0.4 is 4.90 Å². The molecule has 0 radical (unpaired) electrons. The van der Waals surface area contributed by atoms with Crippen LogP contribution in [0.3, 0.4) is 0 Å². The number of hydrogen-bond donors (Lipinski definition) is 2. The van der Waals surface area contributed by atoms with Crippen LogP contribution in [0, 0.1) is 23.7 Å². The van der Waals surface area contributed by atoms with Gasteiger partial charge in [0.05, 0.1) is 12.2 Å². The molecule has 1 heterocycles. The molecule has 1 aliphatic carbocycles. The molecular formula is C18H26N4. The van der Waals surface area contributed by atoms with Gasteiger partial charge in [0, 0.05) is 12.5 Å². The number of likely N-dealkylation sites (N-methyl/N-ethyl adjacent to an activating group) is 1. The lowest BCUT2D eigenvalue weighted by molar-refractivity contribution is 0.376. The molecule has 4 nitrogen and oxygen atoms in total. The largest absolute Gasteiger partial charge is 0.295 e. The maximum absolute atomic E-state index is 8.72. The van der Waals surface area contributed by atoms with E-state index < -0.39 is 0 Å². The molecule has 0 saturated heterocycles. The molecule has 0 aromatic heterocycles. The molecule has 2 aliphatic rings. The van der Waals surface area contributed by atoms with Gasteiger partial charge in [-0.15, -0.1) is 0 Å². The minimum Gasteiger partial charge on any atom is -0.295 e. The zero-order valence-corrected chi connectivity index (χ0v) is 13.7. The summed E-state index contributed by atoms with van der Waals surface area (Å²) in [7, 11) is 2.05. The number of nitrogens with zero attached hydrogens (tertiary/aromatic N) is 2. The Morgan fingerprint density at radius 2 is 1.86 bits per heavy atom. The van der Waals surface area contributed by atoms with Crippen molar-refractivity contribution in [3.05, 3.63) is 29.3 Å². The van der Waals surface area contributed by atoms with E-state index in [9.17, 15) is 0 Å². The van der Waals surface area contributed by atoms with E-state index in [2.05, 4.69) is 30.0 Å². The van der Waals surface area contributed by atoms with Gasteiger partial charge >= 0.3 is 0 Å². The third kappa shape index (κ3) is 2.93. The Morgan fingerprint density at radius 3 is 2.59 bits per heavy atom. The predicted molar refractivity (Wildman–Crippen MR) is 92.0 cm³/mol.